The predicted octanol–water partition coefficient (Wildman–Crippen LogP) is 3.01. The van der Waals surface area contributed by atoms with Gasteiger partial charge in [0.15, 0.2) is 5.78 Å². The zero-order chi connectivity index (χ0) is 13.8. The number of halogens is 1. The second-order valence-corrected chi connectivity index (χ2v) is 5.07. The number of carbonyl (C=O) groups excluding carboxylic acids is 1. The summed E-state index contributed by atoms with van der Waals surface area (Å²) >= 11 is 3.40. The van der Waals surface area contributed by atoms with Gasteiger partial charge in [-0.15, -0.1) is 0 Å². The molecule has 0 radical (unpaired) electrons. The predicted molar refractivity (Wildman–Crippen MR) is 76.6 cm³/mol. The van der Waals surface area contributed by atoms with Gasteiger partial charge in [0, 0.05) is 35.4 Å². The minimum atomic E-state index is 0.0898. The van der Waals surface area contributed by atoms with E-state index in [0.29, 0.717) is 24.2 Å². The third-order valence-corrected chi connectivity index (χ3v) is 3.70. The van der Waals surface area contributed by atoms with Crippen LogP contribution in [0.5, 0.6) is 5.75 Å². The lowest BCUT2D eigenvalue weighted by Crippen LogP contribution is -2.05. The molecule has 4 nitrogen and oxygen atoms in total. The Hall–Kier alpha value is -1.62. The molecule has 0 aliphatic carbocycles. The third kappa shape index (κ3) is 3.23. The van der Waals surface area contributed by atoms with Crippen molar-refractivity contribution < 1.29 is 9.53 Å². The van der Waals surface area contributed by atoms with Gasteiger partial charge in [-0.2, -0.15) is 5.10 Å². The molecule has 0 amide bonds. The average molecular weight is 323 g/mol. The molecule has 0 atom stereocenters. The van der Waals surface area contributed by atoms with E-state index in [0.717, 1.165) is 10.2 Å². The molecular formula is C14H15BrN2O2. The van der Waals surface area contributed by atoms with E-state index in [1.807, 2.05) is 25.2 Å². The summed E-state index contributed by atoms with van der Waals surface area (Å²) in [6.07, 6.45) is 2.87. The van der Waals surface area contributed by atoms with Gasteiger partial charge in [0.25, 0.3) is 0 Å². The second-order valence-electron chi connectivity index (χ2n) is 4.22. The van der Waals surface area contributed by atoms with Crippen LogP contribution in [0.1, 0.15) is 22.5 Å². The van der Waals surface area contributed by atoms with Gasteiger partial charge in [0.1, 0.15) is 5.75 Å². The van der Waals surface area contributed by atoms with Gasteiger partial charge in [0.2, 0.25) is 0 Å². The monoisotopic (exact) mass is 322 g/mol. The van der Waals surface area contributed by atoms with Gasteiger partial charge in [-0.25, -0.2) is 0 Å². The van der Waals surface area contributed by atoms with E-state index < -0.39 is 0 Å². The van der Waals surface area contributed by atoms with Crippen LogP contribution < -0.4 is 4.74 Å². The van der Waals surface area contributed by atoms with Crippen LogP contribution >= 0.6 is 15.9 Å². The number of ketones is 1. The van der Waals surface area contributed by atoms with Gasteiger partial charge in [-0.1, -0.05) is 15.9 Å². The van der Waals surface area contributed by atoms with Crippen LogP contribution in [0.2, 0.25) is 0 Å². The first-order chi connectivity index (χ1) is 9.11. The molecule has 19 heavy (non-hydrogen) atoms. The summed E-state index contributed by atoms with van der Waals surface area (Å²) in [5.74, 6) is 0.777. The van der Waals surface area contributed by atoms with Crippen LogP contribution in [-0.4, -0.2) is 22.7 Å². The molecule has 5 heteroatoms. The van der Waals surface area contributed by atoms with Gasteiger partial charge in [-0.3, -0.25) is 9.48 Å². The summed E-state index contributed by atoms with van der Waals surface area (Å²) < 4.78 is 7.72. The number of hydrogen-bond donors (Lipinski definition) is 0. The first-order valence-electron chi connectivity index (χ1n) is 5.95. The topological polar surface area (TPSA) is 44.1 Å². The maximum atomic E-state index is 12.2. The number of nitrogens with zero attached hydrogens (tertiary/aromatic N) is 2. The van der Waals surface area contributed by atoms with Crippen LogP contribution in [0, 0.1) is 0 Å². The zero-order valence-corrected chi connectivity index (χ0v) is 12.5. The molecule has 0 saturated carbocycles. The summed E-state index contributed by atoms with van der Waals surface area (Å²) in [7, 11) is 3.47. The van der Waals surface area contributed by atoms with E-state index in [-0.39, 0.29) is 5.78 Å². The fourth-order valence-corrected chi connectivity index (χ4v) is 2.34. The van der Waals surface area contributed by atoms with Crippen LogP contribution in [-0.2, 0) is 13.5 Å². The highest BCUT2D eigenvalue weighted by molar-refractivity contribution is 9.10. The Balaban J connectivity index is 2.10. The molecule has 0 fully saturated rings. The van der Waals surface area contributed by atoms with E-state index in [1.165, 1.54) is 0 Å². The first-order valence-corrected chi connectivity index (χ1v) is 6.74. The Bertz CT molecular complexity index is 593. The molecule has 0 saturated heterocycles. The van der Waals surface area contributed by atoms with Gasteiger partial charge >= 0.3 is 0 Å². The van der Waals surface area contributed by atoms with Crippen molar-refractivity contribution in [3.8, 4) is 5.75 Å². The lowest BCUT2D eigenvalue weighted by molar-refractivity contribution is 0.0981. The van der Waals surface area contributed by atoms with E-state index in [1.54, 1.807) is 24.1 Å². The highest BCUT2D eigenvalue weighted by atomic mass is 79.9. The van der Waals surface area contributed by atoms with Crippen molar-refractivity contribution in [2.45, 2.75) is 12.8 Å². The quantitative estimate of drug-likeness (QED) is 0.795. The maximum absolute atomic E-state index is 12.2. The highest BCUT2D eigenvalue weighted by Gasteiger charge is 2.12. The maximum Gasteiger partial charge on any atom is 0.164 e. The van der Waals surface area contributed by atoms with E-state index in [2.05, 4.69) is 21.0 Å². The van der Waals surface area contributed by atoms with Crippen molar-refractivity contribution >= 4 is 21.7 Å². The smallest absolute Gasteiger partial charge is 0.164 e. The molecule has 2 aromatic rings. The fraction of sp³-hybridized carbons (Fsp3) is 0.286. The molecule has 2 rings (SSSR count). The summed E-state index contributed by atoms with van der Waals surface area (Å²) in [6.45, 7) is 0. The van der Waals surface area contributed by atoms with Gasteiger partial charge in [0.05, 0.1) is 7.11 Å². The van der Waals surface area contributed by atoms with E-state index >= 15 is 0 Å². The number of ether oxygens (including phenoxy) is 1. The number of rotatable bonds is 5. The molecular weight excluding hydrogens is 308 g/mol. The van der Waals surface area contributed by atoms with Crippen LogP contribution in [0.4, 0.5) is 0 Å². The third-order valence-electron chi connectivity index (χ3n) is 3.00. The molecule has 1 aromatic heterocycles. The Morgan fingerprint density at radius 2 is 2.21 bits per heavy atom. The van der Waals surface area contributed by atoms with Crippen molar-refractivity contribution in [3.63, 3.8) is 0 Å². The molecule has 100 valence electrons. The van der Waals surface area contributed by atoms with Gasteiger partial charge in [-0.05, 0) is 30.7 Å². The minimum absolute atomic E-state index is 0.0898. The standard InChI is InChI=1S/C14H15BrN2O2/c1-17-10(7-8-16-17)3-6-14(18)12-9-11(19-2)4-5-13(12)15/h4-5,7-9H,3,6H2,1-2H3. The molecule has 1 heterocycles. The molecule has 1 aromatic carbocycles. The number of Topliss-reactive ketones (excluding diaryl/α,β-unsaturated/α-hetero) is 1. The SMILES string of the molecule is COc1ccc(Br)c(C(=O)CCc2ccnn2C)c1. The van der Waals surface area contributed by atoms with Crippen LogP contribution in [0.15, 0.2) is 34.9 Å². The number of hydrogen-bond acceptors (Lipinski definition) is 3. The lowest BCUT2D eigenvalue weighted by atomic mass is 10.1. The number of methoxy groups -OCH3 is 1. The summed E-state index contributed by atoms with van der Waals surface area (Å²) in [4.78, 5) is 12.2. The minimum Gasteiger partial charge on any atom is -0.497 e. The molecule has 0 bridgehead atoms. The summed E-state index contributed by atoms with van der Waals surface area (Å²) in [5, 5.41) is 4.09. The molecule has 0 spiro atoms. The number of aromatic nitrogens is 2. The van der Waals surface area contributed by atoms with E-state index in [4.69, 9.17) is 4.74 Å². The first kappa shape index (κ1) is 13.8. The summed E-state index contributed by atoms with van der Waals surface area (Å²) in [5.41, 5.74) is 1.70. The molecule has 0 aliphatic heterocycles. The average Bonchev–Trinajstić information content (AvgIpc) is 2.82. The van der Waals surface area contributed by atoms with Crippen molar-refractivity contribution in [2.24, 2.45) is 7.05 Å². The molecule has 0 aliphatic rings. The normalized spacial score (nSPS) is 10.5. The van der Waals surface area contributed by atoms with Crippen molar-refractivity contribution in [1.82, 2.24) is 9.78 Å². The number of carbonyl (C=O) groups is 1. The lowest BCUT2D eigenvalue weighted by Gasteiger charge is -2.07. The fourth-order valence-electron chi connectivity index (χ4n) is 1.87. The van der Waals surface area contributed by atoms with Crippen LogP contribution in [0.3, 0.4) is 0 Å². The molecule has 0 N–H and O–H groups in total. The van der Waals surface area contributed by atoms with Crippen molar-refractivity contribution in [2.75, 3.05) is 7.11 Å². The van der Waals surface area contributed by atoms with Crippen molar-refractivity contribution in [3.05, 3.63) is 46.2 Å². The second kappa shape index (κ2) is 6.02. The molecule has 0 unspecified atom stereocenters. The Morgan fingerprint density at radius 1 is 1.42 bits per heavy atom. The summed E-state index contributed by atoms with van der Waals surface area (Å²) in [6, 6.07) is 7.33. The Morgan fingerprint density at radius 3 is 2.84 bits per heavy atom. The van der Waals surface area contributed by atoms with Crippen LogP contribution in [0.25, 0.3) is 0 Å². The van der Waals surface area contributed by atoms with E-state index in [9.17, 15) is 4.79 Å². The van der Waals surface area contributed by atoms with Gasteiger partial charge < -0.3 is 4.74 Å². The van der Waals surface area contributed by atoms with Crippen molar-refractivity contribution in [1.29, 1.82) is 0 Å². The zero-order valence-electron chi connectivity index (χ0n) is 10.9. The number of aryl methyl sites for hydroxylation is 2. The number of benzene rings is 1. The Labute approximate surface area is 120 Å². The Kier molecular flexibility index (Phi) is 4.37. The largest absolute Gasteiger partial charge is 0.497 e. The highest BCUT2D eigenvalue weighted by Crippen LogP contribution is 2.24.